The molecular formula is C17H20BO2. The maximum atomic E-state index is 12.2. The lowest BCUT2D eigenvalue weighted by atomic mass is 9.55. The van der Waals surface area contributed by atoms with Gasteiger partial charge < -0.3 is 0 Å². The third-order valence-electron chi connectivity index (χ3n) is 3.36. The molecule has 0 saturated carbocycles. The maximum Gasteiger partial charge on any atom is 0.233 e. The standard InChI is InChI=1S/C17H20BO2/c1-5-8-13(6-2)15(19)16(20)14-9-7-11-17(3,18-4)12-10-14/h5-12H,1-4H3/b8-5-,13-6+. The predicted octanol–water partition coefficient (Wildman–Crippen LogP) is 3.63. The minimum atomic E-state index is -0.475. The molecule has 20 heavy (non-hydrogen) atoms. The molecule has 0 aliphatic heterocycles. The number of carbonyl (C=O) groups is 2. The summed E-state index contributed by atoms with van der Waals surface area (Å²) in [5.41, 5.74) is 0.838. The van der Waals surface area contributed by atoms with E-state index in [4.69, 9.17) is 0 Å². The molecule has 0 N–H and O–H groups in total. The van der Waals surface area contributed by atoms with Crippen molar-refractivity contribution in [2.45, 2.75) is 32.9 Å². The van der Waals surface area contributed by atoms with Crippen LogP contribution in [0.25, 0.3) is 0 Å². The zero-order chi connectivity index (χ0) is 15.2. The summed E-state index contributed by atoms with van der Waals surface area (Å²) in [6.45, 7) is 7.58. The van der Waals surface area contributed by atoms with Crippen LogP contribution in [-0.4, -0.2) is 18.8 Å². The zero-order valence-electron chi connectivity index (χ0n) is 12.5. The van der Waals surface area contributed by atoms with E-state index in [1.165, 1.54) is 0 Å². The van der Waals surface area contributed by atoms with Gasteiger partial charge in [-0.1, -0.05) is 62.4 Å². The van der Waals surface area contributed by atoms with Crippen LogP contribution in [0.2, 0.25) is 12.1 Å². The minimum Gasteiger partial charge on any atom is -0.285 e. The second kappa shape index (κ2) is 7.04. The first-order valence-corrected chi connectivity index (χ1v) is 6.74. The van der Waals surface area contributed by atoms with Crippen LogP contribution in [0.5, 0.6) is 0 Å². The fraction of sp³-hybridized carbons (Fsp3) is 0.294. The summed E-state index contributed by atoms with van der Waals surface area (Å²) >= 11 is 0. The van der Waals surface area contributed by atoms with Crippen molar-refractivity contribution in [2.75, 3.05) is 0 Å². The molecule has 0 amide bonds. The third-order valence-corrected chi connectivity index (χ3v) is 3.36. The molecule has 1 unspecified atom stereocenters. The van der Waals surface area contributed by atoms with Crippen molar-refractivity contribution in [2.24, 2.45) is 0 Å². The van der Waals surface area contributed by atoms with Crippen LogP contribution >= 0.6 is 0 Å². The van der Waals surface area contributed by atoms with E-state index in [0.29, 0.717) is 11.1 Å². The van der Waals surface area contributed by atoms with Crippen LogP contribution in [0.4, 0.5) is 0 Å². The zero-order valence-corrected chi connectivity index (χ0v) is 12.5. The van der Waals surface area contributed by atoms with Gasteiger partial charge in [0.15, 0.2) is 0 Å². The van der Waals surface area contributed by atoms with Gasteiger partial charge in [-0.2, -0.15) is 0 Å². The van der Waals surface area contributed by atoms with E-state index in [9.17, 15) is 9.59 Å². The van der Waals surface area contributed by atoms with Crippen LogP contribution in [0.3, 0.4) is 0 Å². The monoisotopic (exact) mass is 267 g/mol. The van der Waals surface area contributed by atoms with E-state index >= 15 is 0 Å². The Bertz CT molecular complexity index is 547. The van der Waals surface area contributed by atoms with Gasteiger partial charge in [-0.3, -0.25) is 9.59 Å². The molecule has 1 atom stereocenters. The normalized spacial score (nSPS) is 22.6. The van der Waals surface area contributed by atoms with Crippen molar-refractivity contribution >= 4 is 18.8 Å². The Morgan fingerprint density at radius 2 is 1.95 bits per heavy atom. The molecule has 0 fully saturated rings. The van der Waals surface area contributed by atoms with E-state index in [0.717, 1.165) is 0 Å². The van der Waals surface area contributed by atoms with Gasteiger partial charge in [0.2, 0.25) is 11.6 Å². The summed E-state index contributed by atoms with van der Waals surface area (Å²) in [5.74, 6) is -0.948. The van der Waals surface area contributed by atoms with Gasteiger partial charge in [-0.05, 0) is 19.2 Å². The molecule has 1 rings (SSSR count). The molecule has 3 heteroatoms. The quantitative estimate of drug-likeness (QED) is 0.330. The molecule has 1 aliphatic rings. The van der Waals surface area contributed by atoms with Gasteiger partial charge in [-0.25, -0.2) is 0 Å². The summed E-state index contributed by atoms with van der Waals surface area (Å²) in [4.78, 5) is 24.4. The molecule has 0 saturated heterocycles. The fourth-order valence-electron chi connectivity index (χ4n) is 1.83. The van der Waals surface area contributed by atoms with Gasteiger partial charge >= 0.3 is 0 Å². The van der Waals surface area contributed by atoms with Crippen molar-refractivity contribution in [1.29, 1.82) is 0 Å². The van der Waals surface area contributed by atoms with Crippen molar-refractivity contribution in [3.8, 4) is 0 Å². The van der Waals surface area contributed by atoms with Crippen LogP contribution in [0, 0.1) is 0 Å². The van der Waals surface area contributed by atoms with E-state index in [-0.39, 0.29) is 5.31 Å². The molecule has 0 heterocycles. The highest BCUT2D eigenvalue weighted by molar-refractivity contribution is 6.50. The van der Waals surface area contributed by atoms with Crippen LogP contribution in [-0.2, 0) is 9.59 Å². The number of allylic oxidation sites excluding steroid dienone is 10. The predicted molar refractivity (Wildman–Crippen MR) is 84.9 cm³/mol. The number of Topliss-reactive ketones (excluding diaryl/α,β-unsaturated/α-hetero) is 2. The summed E-state index contributed by atoms with van der Waals surface area (Å²) in [6, 6.07) is 0. The average Bonchev–Trinajstić information content (AvgIpc) is 2.66. The first kappa shape index (κ1) is 16.2. The van der Waals surface area contributed by atoms with Gasteiger partial charge in [0.05, 0.1) is 0 Å². The van der Waals surface area contributed by atoms with Gasteiger partial charge in [0.25, 0.3) is 0 Å². The Labute approximate surface area is 121 Å². The minimum absolute atomic E-state index is 0.186. The largest absolute Gasteiger partial charge is 0.285 e. The number of hydrogen-bond donors (Lipinski definition) is 0. The molecule has 0 aromatic heterocycles. The van der Waals surface area contributed by atoms with Crippen LogP contribution in [0.15, 0.2) is 59.8 Å². The molecule has 1 radical (unpaired) electrons. The number of carbonyl (C=O) groups excluding carboxylic acids is 2. The summed E-state index contributed by atoms with van der Waals surface area (Å²) in [7, 11) is 2.04. The second-order valence-corrected chi connectivity index (χ2v) is 4.87. The van der Waals surface area contributed by atoms with Crippen LogP contribution in [0.1, 0.15) is 20.8 Å². The van der Waals surface area contributed by atoms with Crippen molar-refractivity contribution in [3.63, 3.8) is 0 Å². The van der Waals surface area contributed by atoms with E-state index in [1.807, 2.05) is 46.2 Å². The van der Waals surface area contributed by atoms with Crippen LogP contribution < -0.4 is 0 Å². The topological polar surface area (TPSA) is 34.1 Å². The molecular weight excluding hydrogens is 247 g/mol. The Morgan fingerprint density at radius 3 is 2.50 bits per heavy atom. The van der Waals surface area contributed by atoms with Crippen molar-refractivity contribution in [1.82, 2.24) is 0 Å². The lowest BCUT2D eigenvalue weighted by Gasteiger charge is -2.17. The number of hydrogen-bond acceptors (Lipinski definition) is 2. The first-order valence-electron chi connectivity index (χ1n) is 6.74. The highest BCUT2D eigenvalue weighted by Gasteiger charge is 2.22. The van der Waals surface area contributed by atoms with Gasteiger partial charge in [0.1, 0.15) is 7.28 Å². The SMILES string of the molecule is C[B]C1(C)C=CC=C(C(=O)C(=O)C(/C=C\C)=C/C)C=C1. The molecule has 0 bridgehead atoms. The van der Waals surface area contributed by atoms with Crippen molar-refractivity contribution < 1.29 is 9.59 Å². The molecule has 103 valence electrons. The lowest BCUT2D eigenvalue weighted by molar-refractivity contribution is -0.131. The Balaban J connectivity index is 3.00. The van der Waals surface area contributed by atoms with Crippen molar-refractivity contribution in [3.05, 3.63) is 59.8 Å². The first-order chi connectivity index (χ1) is 9.47. The smallest absolute Gasteiger partial charge is 0.233 e. The second-order valence-electron chi connectivity index (χ2n) is 4.87. The molecule has 0 aromatic rings. The molecule has 2 nitrogen and oxygen atoms in total. The van der Waals surface area contributed by atoms with E-state index in [2.05, 4.69) is 0 Å². The lowest BCUT2D eigenvalue weighted by Crippen LogP contribution is -2.17. The average molecular weight is 267 g/mol. The summed E-state index contributed by atoms with van der Waals surface area (Å²) in [5, 5.41) is -0.186. The van der Waals surface area contributed by atoms with Gasteiger partial charge in [-0.15, -0.1) is 0 Å². The maximum absolute atomic E-state index is 12.2. The van der Waals surface area contributed by atoms with E-state index in [1.54, 1.807) is 37.3 Å². The molecule has 0 spiro atoms. The highest BCUT2D eigenvalue weighted by Crippen LogP contribution is 2.30. The van der Waals surface area contributed by atoms with Gasteiger partial charge in [0, 0.05) is 11.1 Å². The third kappa shape index (κ3) is 3.80. The molecule has 1 aliphatic carbocycles. The highest BCUT2D eigenvalue weighted by atomic mass is 16.2. The Kier molecular flexibility index (Phi) is 5.69. The number of rotatable bonds is 5. The number of ketones is 2. The fourth-order valence-corrected chi connectivity index (χ4v) is 1.83. The Hall–Kier alpha value is -1.90. The summed E-state index contributed by atoms with van der Waals surface area (Å²) in [6.07, 6.45) is 14.2. The summed E-state index contributed by atoms with van der Waals surface area (Å²) < 4.78 is 0. The molecule has 0 aromatic carbocycles. The van der Waals surface area contributed by atoms with E-state index < -0.39 is 11.6 Å². The Morgan fingerprint density at radius 1 is 1.25 bits per heavy atom.